The molecule has 1 N–H and O–H groups in total. The molecule has 1 aliphatic rings. The number of Topliss-reactive ketones (excluding diaryl/α,β-unsaturated/α-hetero) is 1. The van der Waals surface area contributed by atoms with E-state index in [9.17, 15) is 14.7 Å². The second-order valence-corrected chi connectivity index (χ2v) is 13.2. The van der Waals surface area contributed by atoms with Gasteiger partial charge >= 0.3 is 5.91 Å². The van der Waals surface area contributed by atoms with Crippen molar-refractivity contribution in [3.63, 3.8) is 0 Å². The van der Waals surface area contributed by atoms with E-state index in [2.05, 4.69) is 10.2 Å². The van der Waals surface area contributed by atoms with Crippen LogP contribution in [0.4, 0.5) is 10.8 Å². The molecule has 0 spiro atoms. The van der Waals surface area contributed by atoms with Gasteiger partial charge in [-0.15, -0.1) is 10.2 Å². The summed E-state index contributed by atoms with van der Waals surface area (Å²) in [6.07, 6.45) is 0. The zero-order chi connectivity index (χ0) is 32.2. The summed E-state index contributed by atoms with van der Waals surface area (Å²) in [4.78, 5) is 30.6. The summed E-state index contributed by atoms with van der Waals surface area (Å²) in [7, 11) is 3.87. The van der Waals surface area contributed by atoms with E-state index in [0.717, 1.165) is 22.4 Å². The molecule has 1 aliphatic heterocycles. The summed E-state index contributed by atoms with van der Waals surface area (Å²) in [5.74, 6) is -0.513. The molecule has 4 aromatic carbocycles. The second-order valence-electron chi connectivity index (χ2n) is 11.0. The number of carbonyl (C=O) groups excluding carboxylic acids is 2. The Hall–Kier alpha value is -4.93. The van der Waals surface area contributed by atoms with Crippen molar-refractivity contribution in [1.82, 2.24) is 10.2 Å². The summed E-state index contributed by atoms with van der Waals surface area (Å²) >= 11 is 2.75. The molecule has 1 saturated heterocycles. The van der Waals surface area contributed by atoms with Crippen molar-refractivity contribution in [2.75, 3.05) is 23.9 Å². The highest BCUT2D eigenvalue weighted by Gasteiger charge is 2.48. The van der Waals surface area contributed by atoms with Gasteiger partial charge in [-0.05, 0) is 65.6 Å². The molecule has 5 aromatic rings. The number of aliphatic hydroxyl groups excluding tert-OH is 1. The Labute approximate surface area is 276 Å². The third kappa shape index (κ3) is 6.54. The zero-order valence-corrected chi connectivity index (χ0v) is 27.2. The third-order valence-corrected chi connectivity index (χ3v) is 9.89. The van der Waals surface area contributed by atoms with E-state index >= 15 is 0 Å². The van der Waals surface area contributed by atoms with Crippen molar-refractivity contribution >= 4 is 51.4 Å². The first-order chi connectivity index (χ1) is 22.3. The smallest absolute Gasteiger partial charge is 0.301 e. The fourth-order valence-electron chi connectivity index (χ4n) is 5.18. The van der Waals surface area contributed by atoms with Crippen LogP contribution < -0.4 is 14.5 Å². The van der Waals surface area contributed by atoms with Crippen LogP contribution in [0.3, 0.4) is 0 Å². The fourth-order valence-corrected chi connectivity index (χ4v) is 7.00. The van der Waals surface area contributed by atoms with Gasteiger partial charge < -0.3 is 14.7 Å². The summed E-state index contributed by atoms with van der Waals surface area (Å²) in [6, 6.07) is 31.5. The first-order valence-electron chi connectivity index (χ1n) is 14.7. The van der Waals surface area contributed by atoms with Gasteiger partial charge in [0.15, 0.2) is 4.34 Å². The summed E-state index contributed by atoms with van der Waals surface area (Å²) in [6.45, 7) is 2.44. The molecule has 46 heavy (non-hydrogen) atoms. The quantitative estimate of drug-likeness (QED) is 0.0550. The summed E-state index contributed by atoms with van der Waals surface area (Å²) < 4.78 is 6.64. The normalized spacial score (nSPS) is 15.7. The highest BCUT2D eigenvalue weighted by molar-refractivity contribution is 8.00. The highest BCUT2D eigenvalue weighted by Crippen LogP contribution is 2.44. The van der Waals surface area contributed by atoms with Crippen molar-refractivity contribution in [3.05, 3.63) is 137 Å². The van der Waals surface area contributed by atoms with Gasteiger partial charge in [-0.3, -0.25) is 14.5 Å². The number of nitrogens with zero attached hydrogens (tertiary/aromatic N) is 4. The van der Waals surface area contributed by atoms with Crippen molar-refractivity contribution < 1.29 is 19.4 Å². The predicted octanol–water partition coefficient (Wildman–Crippen LogP) is 7.41. The number of ether oxygens (including phenoxy) is 1. The molecule has 1 fully saturated rings. The van der Waals surface area contributed by atoms with Gasteiger partial charge in [0.2, 0.25) is 5.13 Å². The molecule has 1 atom stereocenters. The number of aryl methyl sites for hydroxylation is 1. The van der Waals surface area contributed by atoms with Crippen LogP contribution in [-0.4, -0.2) is 41.1 Å². The van der Waals surface area contributed by atoms with E-state index in [-0.39, 0.29) is 11.3 Å². The number of aromatic nitrogens is 2. The van der Waals surface area contributed by atoms with E-state index in [4.69, 9.17) is 4.74 Å². The maximum Gasteiger partial charge on any atom is 0.301 e. The van der Waals surface area contributed by atoms with Crippen molar-refractivity contribution in [2.24, 2.45) is 0 Å². The average molecular weight is 649 g/mol. The number of hydrogen-bond acceptors (Lipinski definition) is 9. The van der Waals surface area contributed by atoms with E-state index < -0.39 is 17.7 Å². The first kappa shape index (κ1) is 31.1. The molecular formula is C36H32N4O4S2. The molecule has 0 bridgehead atoms. The van der Waals surface area contributed by atoms with Gasteiger partial charge in [0, 0.05) is 31.1 Å². The molecule has 1 aromatic heterocycles. The molecule has 0 radical (unpaired) electrons. The Kier molecular flexibility index (Phi) is 9.18. The number of thioether (sulfide) groups is 1. The number of anilines is 2. The van der Waals surface area contributed by atoms with Crippen molar-refractivity contribution in [2.45, 2.75) is 29.7 Å². The lowest BCUT2D eigenvalue weighted by Crippen LogP contribution is -2.29. The van der Waals surface area contributed by atoms with E-state index in [1.807, 2.05) is 105 Å². The van der Waals surface area contributed by atoms with Gasteiger partial charge in [-0.2, -0.15) is 0 Å². The fraction of sp³-hybridized carbons (Fsp3) is 0.167. The Morgan fingerprint density at radius 2 is 1.61 bits per heavy atom. The van der Waals surface area contributed by atoms with Crippen LogP contribution >= 0.6 is 23.1 Å². The molecule has 2 heterocycles. The number of rotatable bonds is 10. The molecule has 0 saturated carbocycles. The summed E-state index contributed by atoms with van der Waals surface area (Å²) in [5, 5.41) is 20.5. The second kappa shape index (κ2) is 13.6. The van der Waals surface area contributed by atoms with Crippen LogP contribution in [0.1, 0.15) is 33.9 Å². The van der Waals surface area contributed by atoms with Crippen LogP contribution in [0, 0.1) is 6.92 Å². The van der Waals surface area contributed by atoms with Crippen LogP contribution in [0.5, 0.6) is 5.75 Å². The molecule has 0 aliphatic carbocycles. The summed E-state index contributed by atoms with van der Waals surface area (Å²) in [5.41, 5.74) is 5.36. The Morgan fingerprint density at radius 3 is 2.30 bits per heavy atom. The standard InChI is InChI=1S/C36H32N4O4S2/c1-23-9-7-8-12-27(23)21-44-29-19-15-26(16-20-29)32(41)30-31(25-13-17-28(18-14-25)39(2)3)40(34(43)33(30)42)35-37-38-36(46-35)45-22-24-10-5-4-6-11-24/h4-20,31,41H,21-22H2,1-3H3. The topological polar surface area (TPSA) is 95.9 Å². The molecule has 1 unspecified atom stereocenters. The van der Waals surface area contributed by atoms with E-state index in [1.165, 1.54) is 28.0 Å². The highest BCUT2D eigenvalue weighted by atomic mass is 32.2. The Morgan fingerprint density at radius 1 is 0.913 bits per heavy atom. The number of amides is 1. The average Bonchev–Trinajstić information content (AvgIpc) is 3.65. The molecular weight excluding hydrogens is 617 g/mol. The maximum absolute atomic E-state index is 13.6. The zero-order valence-electron chi connectivity index (χ0n) is 25.6. The van der Waals surface area contributed by atoms with Crippen LogP contribution in [0.2, 0.25) is 0 Å². The van der Waals surface area contributed by atoms with E-state index in [1.54, 1.807) is 24.3 Å². The Balaban J connectivity index is 1.32. The van der Waals surface area contributed by atoms with E-state index in [0.29, 0.717) is 38.7 Å². The largest absolute Gasteiger partial charge is 0.507 e. The molecule has 10 heteroatoms. The van der Waals surface area contributed by atoms with Crippen molar-refractivity contribution in [1.29, 1.82) is 0 Å². The Bertz CT molecular complexity index is 1890. The third-order valence-electron chi connectivity index (χ3n) is 7.76. The number of hydrogen-bond donors (Lipinski definition) is 1. The first-order valence-corrected chi connectivity index (χ1v) is 16.5. The lowest BCUT2D eigenvalue weighted by molar-refractivity contribution is -0.132. The number of ketones is 1. The molecule has 6 rings (SSSR count). The predicted molar refractivity (Wildman–Crippen MR) is 183 cm³/mol. The number of carbonyl (C=O) groups is 2. The monoisotopic (exact) mass is 648 g/mol. The number of benzene rings is 4. The number of aliphatic hydroxyl groups is 1. The van der Waals surface area contributed by atoms with Gasteiger partial charge in [-0.1, -0.05) is 89.8 Å². The van der Waals surface area contributed by atoms with Gasteiger partial charge in [0.05, 0.1) is 11.6 Å². The van der Waals surface area contributed by atoms with Gasteiger partial charge in [0.25, 0.3) is 5.78 Å². The lowest BCUT2D eigenvalue weighted by Gasteiger charge is -2.23. The molecule has 8 nitrogen and oxygen atoms in total. The molecule has 232 valence electrons. The van der Waals surface area contributed by atoms with Crippen molar-refractivity contribution in [3.8, 4) is 5.75 Å². The maximum atomic E-state index is 13.6. The minimum atomic E-state index is -0.895. The van der Waals surface area contributed by atoms with Crippen LogP contribution in [0.15, 0.2) is 113 Å². The van der Waals surface area contributed by atoms with Crippen LogP contribution in [-0.2, 0) is 21.9 Å². The lowest BCUT2D eigenvalue weighted by atomic mass is 9.95. The minimum Gasteiger partial charge on any atom is -0.507 e. The van der Waals surface area contributed by atoms with Gasteiger partial charge in [-0.25, -0.2) is 0 Å². The SMILES string of the molecule is Cc1ccccc1COc1ccc(C(O)=C2C(=O)C(=O)N(c3nnc(SCc4ccccc4)s3)C2c2ccc(N(C)C)cc2)cc1. The minimum absolute atomic E-state index is 0.00938. The molecule has 1 amide bonds. The van der Waals surface area contributed by atoms with Gasteiger partial charge in [0.1, 0.15) is 18.1 Å². The van der Waals surface area contributed by atoms with Crippen LogP contribution in [0.25, 0.3) is 5.76 Å².